The molecule has 1 saturated heterocycles. The topological polar surface area (TPSA) is 6.48 Å². The van der Waals surface area contributed by atoms with E-state index in [1.165, 1.54) is 45.6 Å². The van der Waals surface area contributed by atoms with E-state index < -0.39 is 0 Å². The highest BCUT2D eigenvalue weighted by atomic mass is 15.2. The smallest absolute Gasteiger partial charge is 0.0110 e. The van der Waals surface area contributed by atoms with Gasteiger partial charge >= 0.3 is 0 Å². The molecule has 1 fully saturated rings. The van der Waals surface area contributed by atoms with Gasteiger partial charge in [-0.1, -0.05) is 13.8 Å². The van der Waals surface area contributed by atoms with Gasteiger partial charge in [0.05, 0.1) is 0 Å². The van der Waals surface area contributed by atoms with Crippen molar-refractivity contribution in [2.24, 2.45) is 5.92 Å². The van der Waals surface area contributed by atoms with E-state index in [0.717, 1.165) is 5.92 Å². The minimum absolute atomic E-state index is 0.868. The number of piperazine rings is 1. The first-order valence-electron chi connectivity index (χ1n) is 5.59. The van der Waals surface area contributed by atoms with Crippen molar-refractivity contribution in [3.63, 3.8) is 0 Å². The Bertz CT molecular complexity index is 126. The molecule has 78 valence electrons. The highest BCUT2D eigenvalue weighted by Crippen LogP contribution is 2.06. The van der Waals surface area contributed by atoms with Gasteiger partial charge in [0.2, 0.25) is 0 Å². The summed E-state index contributed by atoms with van der Waals surface area (Å²) in [6, 6.07) is 0. The molecule has 0 radical (unpaired) electrons. The van der Waals surface area contributed by atoms with Crippen LogP contribution in [0.1, 0.15) is 26.7 Å². The molecule has 0 unspecified atom stereocenters. The molecule has 0 saturated carbocycles. The molecule has 0 N–H and O–H groups in total. The van der Waals surface area contributed by atoms with Crippen LogP contribution in [0.25, 0.3) is 0 Å². The number of rotatable bonds is 4. The third-order valence-corrected chi connectivity index (χ3v) is 2.85. The minimum atomic E-state index is 0.868. The number of nitrogens with zero attached hydrogens (tertiary/aromatic N) is 2. The second-order valence-corrected chi connectivity index (χ2v) is 4.68. The first kappa shape index (κ1) is 11.0. The van der Waals surface area contributed by atoms with Gasteiger partial charge in [-0.15, -0.1) is 0 Å². The Labute approximate surface area is 82.9 Å². The van der Waals surface area contributed by atoms with Crippen molar-refractivity contribution in [1.82, 2.24) is 9.80 Å². The normalized spacial score (nSPS) is 21.2. The standard InChI is InChI=1S/C11H24N2/c1-11(2)5-4-6-13-9-7-12(3)8-10-13/h11H,4-10H2,1-3H3. The molecule has 2 heteroatoms. The summed E-state index contributed by atoms with van der Waals surface area (Å²) >= 11 is 0. The van der Waals surface area contributed by atoms with Crippen LogP contribution in [-0.4, -0.2) is 49.6 Å². The van der Waals surface area contributed by atoms with Crippen molar-refractivity contribution in [3.8, 4) is 0 Å². The summed E-state index contributed by atoms with van der Waals surface area (Å²) in [5.41, 5.74) is 0. The van der Waals surface area contributed by atoms with Gasteiger partial charge in [0.25, 0.3) is 0 Å². The average Bonchev–Trinajstić information content (AvgIpc) is 2.08. The molecule has 0 spiro atoms. The number of hydrogen-bond acceptors (Lipinski definition) is 2. The highest BCUT2D eigenvalue weighted by Gasteiger charge is 2.12. The van der Waals surface area contributed by atoms with Crippen LogP contribution < -0.4 is 0 Å². The van der Waals surface area contributed by atoms with E-state index in [1.54, 1.807) is 0 Å². The fraction of sp³-hybridized carbons (Fsp3) is 1.00. The third-order valence-electron chi connectivity index (χ3n) is 2.85. The number of hydrogen-bond donors (Lipinski definition) is 0. The molecule has 0 aromatic carbocycles. The molecular formula is C11H24N2. The molecule has 0 aromatic heterocycles. The minimum Gasteiger partial charge on any atom is -0.304 e. The number of likely N-dealkylation sites (N-methyl/N-ethyl adjacent to an activating group) is 1. The van der Waals surface area contributed by atoms with Crippen LogP contribution in [0.4, 0.5) is 0 Å². The van der Waals surface area contributed by atoms with Gasteiger partial charge in [0, 0.05) is 26.2 Å². The Kier molecular flexibility index (Phi) is 4.74. The molecular weight excluding hydrogens is 160 g/mol. The van der Waals surface area contributed by atoms with E-state index in [4.69, 9.17) is 0 Å². The lowest BCUT2D eigenvalue weighted by atomic mass is 10.1. The van der Waals surface area contributed by atoms with Crippen LogP contribution in [0.3, 0.4) is 0 Å². The van der Waals surface area contributed by atoms with Gasteiger partial charge in [0.1, 0.15) is 0 Å². The summed E-state index contributed by atoms with van der Waals surface area (Å²) in [4.78, 5) is 5.02. The Hall–Kier alpha value is -0.0800. The zero-order valence-electron chi connectivity index (χ0n) is 9.42. The van der Waals surface area contributed by atoms with E-state index in [9.17, 15) is 0 Å². The summed E-state index contributed by atoms with van der Waals surface area (Å²) < 4.78 is 0. The Morgan fingerprint density at radius 2 is 1.69 bits per heavy atom. The summed E-state index contributed by atoms with van der Waals surface area (Å²) in [5.74, 6) is 0.868. The van der Waals surface area contributed by atoms with Gasteiger partial charge in [-0.25, -0.2) is 0 Å². The summed E-state index contributed by atoms with van der Waals surface area (Å²) in [5, 5.41) is 0. The third kappa shape index (κ3) is 4.63. The largest absolute Gasteiger partial charge is 0.304 e. The second-order valence-electron chi connectivity index (χ2n) is 4.68. The van der Waals surface area contributed by atoms with Crippen molar-refractivity contribution in [2.45, 2.75) is 26.7 Å². The lowest BCUT2D eigenvalue weighted by Crippen LogP contribution is -2.44. The summed E-state index contributed by atoms with van der Waals surface area (Å²) in [6.45, 7) is 11.0. The van der Waals surface area contributed by atoms with Gasteiger partial charge in [-0.2, -0.15) is 0 Å². The van der Waals surface area contributed by atoms with E-state index in [-0.39, 0.29) is 0 Å². The zero-order chi connectivity index (χ0) is 9.68. The van der Waals surface area contributed by atoms with Crippen molar-refractivity contribution < 1.29 is 0 Å². The molecule has 1 rings (SSSR count). The molecule has 0 aliphatic carbocycles. The van der Waals surface area contributed by atoms with Crippen LogP contribution >= 0.6 is 0 Å². The molecule has 13 heavy (non-hydrogen) atoms. The molecule has 0 aromatic rings. The fourth-order valence-corrected chi connectivity index (χ4v) is 1.79. The van der Waals surface area contributed by atoms with E-state index in [1.807, 2.05) is 0 Å². The second kappa shape index (κ2) is 5.61. The highest BCUT2D eigenvalue weighted by molar-refractivity contribution is 4.68. The van der Waals surface area contributed by atoms with Gasteiger partial charge in [-0.3, -0.25) is 0 Å². The van der Waals surface area contributed by atoms with Gasteiger partial charge in [-0.05, 0) is 32.4 Å². The quantitative estimate of drug-likeness (QED) is 0.656. The maximum absolute atomic E-state index is 2.60. The molecule has 0 bridgehead atoms. The van der Waals surface area contributed by atoms with Gasteiger partial charge < -0.3 is 9.80 Å². The summed E-state index contributed by atoms with van der Waals surface area (Å²) in [7, 11) is 2.21. The monoisotopic (exact) mass is 184 g/mol. The van der Waals surface area contributed by atoms with Crippen LogP contribution in [0.2, 0.25) is 0 Å². The van der Waals surface area contributed by atoms with Crippen molar-refractivity contribution in [2.75, 3.05) is 39.8 Å². The molecule has 1 heterocycles. The van der Waals surface area contributed by atoms with Crippen LogP contribution in [0, 0.1) is 5.92 Å². The van der Waals surface area contributed by atoms with E-state index in [2.05, 4.69) is 30.7 Å². The van der Waals surface area contributed by atoms with Crippen LogP contribution in [0.5, 0.6) is 0 Å². The van der Waals surface area contributed by atoms with Crippen LogP contribution in [-0.2, 0) is 0 Å². The zero-order valence-corrected chi connectivity index (χ0v) is 9.42. The van der Waals surface area contributed by atoms with Gasteiger partial charge in [0.15, 0.2) is 0 Å². The Morgan fingerprint density at radius 3 is 2.23 bits per heavy atom. The maximum Gasteiger partial charge on any atom is 0.0110 e. The Balaban J connectivity index is 2.02. The fourth-order valence-electron chi connectivity index (χ4n) is 1.79. The lowest BCUT2D eigenvalue weighted by molar-refractivity contribution is 0.151. The molecule has 0 amide bonds. The van der Waals surface area contributed by atoms with Crippen molar-refractivity contribution in [1.29, 1.82) is 0 Å². The van der Waals surface area contributed by atoms with Crippen LogP contribution in [0.15, 0.2) is 0 Å². The van der Waals surface area contributed by atoms with E-state index >= 15 is 0 Å². The first-order chi connectivity index (χ1) is 6.18. The lowest BCUT2D eigenvalue weighted by Gasteiger charge is -2.32. The average molecular weight is 184 g/mol. The molecule has 1 aliphatic rings. The van der Waals surface area contributed by atoms with Crippen molar-refractivity contribution >= 4 is 0 Å². The van der Waals surface area contributed by atoms with Crippen molar-refractivity contribution in [3.05, 3.63) is 0 Å². The SMILES string of the molecule is CC(C)CCCN1CCN(C)CC1. The first-order valence-corrected chi connectivity index (χ1v) is 5.59. The molecule has 0 atom stereocenters. The predicted molar refractivity (Wildman–Crippen MR) is 58.0 cm³/mol. The predicted octanol–water partition coefficient (Wildman–Crippen LogP) is 1.67. The summed E-state index contributed by atoms with van der Waals surface area (Å²) in [6.07, 6.45) is 2.76. The molecule has 1 aliphatic heterocycles. The van der Waals surface area contributed by atoms with E-state index in [0.29, 0.717) is 0 Å². The Morgan fingerprint density at radius 1 is 1.08 bits per heavy atom. The maximum atomic E-state index is 2.60. The molecule has 2 nitrogen and oxygen atoms in total.